The van der Waals surface area contributed by atoms with Gasteiger partial charge in [-0.15, -0.1) is 0 Å². The third-order valence-electron chi connectivity index (χ3n) is 2.04. The molecule has 2 rings (SSSR count). The van der Waals surface area contributed by atoms with Crippen LogP contribution < -0.4 is 5.48 Å². The maximum atomic E-state index is 9.26. The first-order chi connectivity index (χ1) is 6.79. The van der Waals surface area contributed by atoms with Crippen molar-refractivity contribution in [2.75, 3.05) is 12.6 Å². The molecule has 0 heterocycles. The molecule has 0 unspecified atom stereocenters. The largest absolute Gasteiger partial charge is 0.508 e. The van der Waals surface area contributed by atoms with Gasteiger partial charge >= 0.3 is 0 Å². The minimum absolute atomic E-state index is 0.282. The van der Waals surface area contributed by atoms with Crippen LogP contribution in [-0.2, 0) is 4.84 Å². The average molecular weight is 189 g/mol. The number of phenols is 1. The SMILES string of the molecule is CONc1ccc2cc(O)ccc2c1. The smallest absolute Gasteiger partial charge is 0.116 e. The van der Waals surface area contributed by atoms with Crippen molar-refractivity contribution in [3.8, 4) is 5.75 Å². The number of aromatic hydroxyl groups is 1. The zero-order chi connectivity index (χ0) is 9.97. The molecule has 0 fully saturated rings. The van der Waals surface area contributed by atoms with Gasteiger partial charge < -0.3 is 5.11 Å². The van der Waals surface area contributed by atoms with Crippen LogP contribution in [0.2, 0.25) is 0 Å². The number of nitrogens with one attached hydrogen (secondary N) is 1. The van der Waals surface area contributed by atoms with Gasteiger partial charge in [0.25, 0.3) is 0 Å². The fraction of sp³-hybridized carbons (Fsp3) is 0.0909. The monoisotopic (exact) mass is 189 g/mol. The van der Waals surface area contributed by atoms with Crippen molar-refractivity contribution in [3.05, 3.63) is 36.4 Å². The second-order valence-electron chi connectivity index (χ2n) is 3.05. The summed E-state index contributed by atoms with van der Waals surface area (Å²) in [4.78, 5) is 4.80. The molecule has 0 aliphatic heterocycles. The van der Waals surface area contributed by atoms with Crippen molar-refractivity contribution >= 4 is 16.5 Å². The molecule has 0 aliphatic carbocycles. The Morgan fingerprint density at radius 3 is 2.57 bits per heavy atom. The maximum absolute atomic E-state index is 9.26. The van der Waals surface area contributed by atoms with Crippen LogP contribution >= 0.6 is 0 Å². The van der Waals surface area contributed by atoms with E-state index < -0.39 is 0 Å². The Balaban J connectivity index is 2.50. The Morgan fingerprint density at radius 1 is 1.07 bits per heavy atom. The minimum Gasteiger partial charge on any atom is -0.508 e. The summed E-state index contributed by atoms with van der Waals surface area (Å²) in [6, 6.07) is 11.0. The van der Waals surface area contributed by atoms with Crippen molar-refractivity contribution in [1.82, 2.24) is 0 Å². The predicted molar refractivity (Wildman–Crippen MR) is 56.2 cm³/mol. The van der Waals surface area contributed by atoms with E-state index in [1.54, 1.807) is 19.2 Å². The van der Waals surface area contributed by atoms with Crippen LogP contribution in [0.15, 0.2) is 36.4 Å². The zero-order valence-corrected chi connectivity index (χ0v) is 7.82. The molecule has 2 aromatic carbocycles. The normalized spacial score (nSPS) is 10.4. The van der Waals surface area contributed by atoms with Crippen molar-refractivity contribution in [3.63, 3.8) is 0 Å². The fourth-order valence-electron chi connectivity index (χ4n) is 1.41. The first-order valence-electron chi connectivity index (χ1n) is 4.31. The van der Waals surface area contributed by atoms with Gasteiger partial charge in [-0.3, -0.25) is 10.3 Å². The van der Waals surface area contributed by atoms with E-state index in [-0.39, 0.29) is 5.75 Å². The van der Waals surface area contributed by atoms with Crippen LogP contribution in [0.3, 0.4) is 0 Å². The molecule has 0 bridgehead atoms. The molecule has 0 saturated heterocycles. The molecule has 0 amide bonds. The van der Waals surface area contributed by atoms with E-state index in [0.29, 0.717) is 0 Å². The van der Waals surface area contributed by atoms with Gasteiger partial charge in [-0.1, -0.05) is 12.1 Å². The third kappa shape index (κ3) is 1.63. The van der Waals surface area contributed by atoms with Gasteiger partial charge in [0.15, 0.2) is 0 Å². The Morgan fingerprint density at radius 2 is 1.79 bits per heavy atom. The number of hydrogen-bond donors (Lipinski definition) is 2. The lowest BCUT2D eigenvalue weighted by molar-refractivity contribution is 0.271. The quantitative estimate of drug-likeness (QED) is 0.713. The van der Waals surface area contributed by atoms with Crippen LogP contribution in [0.5, 0.6) is 5.75 Å². The maximum Gasteiger partial charge on any atom is 0.116 e. The van der Waals surface area contributed by atoms with Gasteiger partial charge in [-0.2, -0.15) is 0 Å². The molecule has 0 saturated carbocycles. The highest BCUT2D eigenvalue weighted by Crippen LogP contribution is 2.22. The molecule has 0 radical (unpaired) electrons. The summed E-state index contributed by atoms with van der Waals surface area (Å²) >= 11 is 0. The molecule has 0 aliphatic rings. The van der Waals surface area contributed by atoms with Gasteiger partial charge in [0, 0.05) is 0 Å². The van der Waals surface area contributed by atoms with Gasteiger partial charge in [0.2, 0.25) is 0 Å². The predicted octanol–water partition coefficient (Wildman–Crippen LogP) is 2.52. The lowest BCUT2D eigenvalue weighted by atomic mass is 10.1. The van der Waals surface area contributed by atoms with E-state index >= 15 is 0 Å². The Kier molecular flexibility index (Phi) is 2.24. The molecular formula is C11H11NO2. The second-order valence-corrected chi connectivity index (χ2v) is 3.05. The zero-order valence-electron chi connectivity index (χ0n) is 7.82. The summed E-state index contributed by atoms with van der Waals surface area (Å²) in [5.41, 5.74) is 3.65. The molecule has 3 nitrogen and oxygen atoms in total. The Bertz CT molecular complexity index is 454. The number of fused-ring (bicyclic) bond motifs is 1. The van der Waals surface area contributed by atoms with E-state index in [1.165, 1.54) is 0 Å². The van der Waals surface area contributed by atoms with Crippen LogP contribution in [0.25, 0.3) is 10.8 Å². The third-order valence-corrected chi connectivity index (χ3v) is 2.04. The Hall–Kier alpha value is -1.74. The molecule has 0 atom stereocenters. The molecule has 0 aromatic heterocycles. The topological polar surface area (TPSA) is 41.5 Å². The van der Waals surface area contributed by atoms with Crippen LogP contribution in [0, 0.1) is 0 Å². The molecule has 2 aromatic rings. The molecule has 2 N–H and O–H groups in total. The van der Waals surface area contributed by atoms with Gasteiger partial charge in [0.05, 0.1) is 12.8 Å². The molecule has 14 heavy (non-hydrogen) atoms. The standard InChI is InChI=1S/C11H11NO2/c1-14-12-10-4-2-9-7-11(13)5-3-8(9)6-10/h2-7,12-13H,1H3. The van der Waals surface area contributed by atoms with Crippen molar-refractivity contribution in [2.45, 2.75) is 0 Å². The van der Waals surface area contributed by atoms with Crippen LogP contribution in [0.1, 0.15) is 0 Å². The summed E-state index contributed by atoms with van der Waals surface area (Å²) in [6.45, 7) is 0. The highest BCUT2D eigenvalue weighted by Gasteiger charge is 1.96. The summed E-state index contributed by atoms with van der Waals surface area (Å²) in [5, 5.41) is 11.3. The van der Waals surface area contributed by atoms with Gasteiger partial charge in [0.1, 0.15) is 5.75 Å². The number of phenolic OH excluding ortho intramolecular Hbond substituents is 1. The van der Waals surface area contributed by atoms with Crippen molar-refractivity contribution in [1.29, 1.82) is 0 Å². The number of anilines is 1. The van der Waals surface area contributed by atoms with E-state index in [2.05, 4.69) is 5.48 Å². The summed E-state index contributed by atoms with van der Waals surface area (Å²) in [6.07, 6.45) is 0. The van der Waals surface area contributed by atoms with Crippen LogP contribution in [-0.4, -0.2) is 12.2 Å². The number of benzene rings is 2. The molecule has 0 spiro atoms. The van der Waals surface area contributed by atoms with E-state index in [9.17, 15) is 5.11 Å². The van der Waals surface area contributed by atoms with E-state index in [0.717, 1.165) is 16.5 Å². The molecular weight excluding hydrogens is 178 g/mol. The highest BCUT2D eigenvalue weighted by atomic mass is 16.6. The van der Waals surface area contributed by atoms with Gasteiger partial charge in [-0.25, -0.2) is 0 Å². The molecule has 3 heteroatoms. The average Bonchev–Trinajstić information content (AvgIpc) is 2.19. The minimum atomic E-state index is 0.282. The second kappa shape index (κ2) is 3.55. The summed E-state index contributed by atoms with van der Waals surface area (Å²) in [7, 11) is 1.57. The fourth-order valence-corrected chi connectivity index (χ4v) is 1.41. The highest BCUT2D eigenvalue weighted by molar-refractivity contribution is 5.86. The Labute approximate surface area is 81.9 Å². The van der Waals surface area contributed by atoms with Gasteiger partial charge in [-0.05, 0) is 35.0 Å². The number of rotatable bonds is 2. The summed E-state index contributed by atoms with van der Waals surface area (Å²) in [5.74, 6) is 0.282. The van der Waals surface area contributed by atoms with Crippen LogP contribution in [0.4, 0.5) is 5.69 Å². The van der Waals surface area contributed by atoms with E-state index in [4.69, 9.17) is 4.84 Å². The van der Waals surface area contributed by atoms with Crippen molar-refractivity contribution < 1.29 is 9.94 Å². The van der Waals surface area contributed by atoms with Crippen molar-refractivity contribution in [2.24, 2.45) is 0 Å². The first-order valence-corrected chi connectivity index (χ1v) is 4.31. The van der Waals surface area contributed by atoms with E-state index in [1.807, 2.05) is 24.3 Å². The lowest BCUT2D eigenvalue weighted by Crippen LogP contribution is -1.94. The number of hydrogen-bond acceptors (Lipinski definition) is 3. The molecule has 72 valence electrons. The lowest BCUT2D eigenvalue weighted by Gasteiger charge is -2.04. The summed E-state index contributed by atoms with van der Waals surface area (Å²) < 4.78 is 0. The first kappa shape index (κ1) is 8.84.